The number of benzene rings is 1. The number of carbonyl (C=O) groups is 1. The van der Waals surface area contributed by atoms with Crippen LogP contribution in [0.2, 0.25) is 0 Å². The second-order valence-corrected chi connectivity index (χ2v) is 5.53. The minimum absolute atomic E-state index is 0.0556. The van der Waals surface area contributed by atoms with Crippen LogP contribution in [0.1, 0.15) is 42.1 Å². The van der Waals surface area contributed by atoms with Crippen LogP contribution in [0, 0.1) is 0 Å². The second-order valence-electron chi connectivity index (χ2n) is 5.53. The number of aromatic nitrogens is 2. The summed E-state index contributed by atoms with van der Waals surface area (Å²) in [7, 11) is 0. The summed E-state index contributed by atoms with van der Waals surface area (Å²) in [5, 5.41) is 7.36. The van der Waals surface area contributed by atoms with E-state index in [0.29, 0.717) is 11.3 Å². The van der Waals surface area contributed by atoms with Crippen molar-refractivity contribution in [1.29, 1.82) is 0 Å². The van der Waals surface area contributed by atoms with Crippen molar-refractivity contribution in [3.63, 3.8) is 0 Å². The molecule has 0 atom stereocenters. The topological polar surface area (TPSA) is 82.5 Å². The summed E-state index contributed by atoms with van der Waals surface area (Å²) in [5.41, 5.74) is 6.62. The maximum atomic E-state index is 12.8. The average Bonchev–Trinajstić information content (AvgIpc) is 3.34. The molecule has 1 aliphatic carbocycles. The minimum Gasteiger partial charge on any atom is -0.380 e. The van der Waals surface area contributed by atoms with Gasteiger partial charge in [-0.05, 0) is 18.9 Å². The van der Waals surface area contributed by atoms with Crippen molar-refractivity contribution in [1.82, 2.24) is 9.78 Å². The van der Waals surface area contributed by atoms with Gasteiger partial charge in [0.15, 0.2) is 5.84 Å². The zero-order valence-corrected chi connectivity index (χ0v) is 12.7. The first-order valence-electron chi connectivity index (χ1n) is 7.49. The van der Waals surface area contributed by atoms with Crippen LogP contribution in [-0.4, -0.2) is 21.6 Å². The quantitative estimate of drug-likeness (QED) is 0.381. The van der Waals surface area contributed by atoms with Crippen LogP contribution in [0.5, 0.6) is 0 Å². The molecule has 2 N–H and O–H groups in total. The molecule has 0 bridgehead atoms. The van der Waals surface area contributed by atoms with E-state index in [2.05, 4.69) is 10.3 Å². The normalized spacial score (nSPS) is 14.9. The summed E-state index contributed by atoms with van der Waals surface area (Å²) in [6.07, 6.45) is -0.864. The van der Waals surface area contributed by atoms with Gasteiger partial charge in [-0.15, -0.1) is 0 Å². The number of oxime groups is 1. The molecule has 0 radical (unpaired) electrons. The van der Waals surface area contributed by atoms with Gasteiger partial charge in [-0.1, -0.05) is 35.5 Å². The Morgan fingerprint density at radius 1 is 1.38 bits per heavy atom. The minimum atomic E-state index is -2.67. The summed E-state index contributed by atoms with van der Waals surface area (Å²) < 4.78 is 26.8. The molecule has 6 nitrogen and oxygen atoms in total. The Bertz CT molecular complexity index is 755. The van der Waals surface area contributed by atoms with E-state index in [0.717, 1.165) is 12.8 Å². The Labute approximate surface area is 136 Å². The van der Waals surface area contributed by atoms with Crippen LogP contribution in [0.4, 0.5) is 8.78 Å². The third-order valence-electron chi connectivity index (χ3n) is 3.64. The zero-order valence-electron chi connectivity index (χ0n) is 12.7. The monoisotopic (exact) mass is 334 g/mol. The predicted molar refractivity (Wildman–Crippen MR) is 82.4 cm³/mol. The van der Waals surface area contributed by atoms with Crippen molar-refractivity contribution < 1.29 is 18.4 Å². The van der Waals surface area contributed by atoms with E-state index in [1.54, 1.807) is 24.3 Å². The Morgan fingerprint density at radius 3 is 2.71 bits per heavy atom. The van der Waals surface area contributed by atoms with Crippen LogP contribution in [0.3, 0.4) is 0 Å². The number of nitrogens with zero attached hydrogens (tertiary/aromatic N) is 3. The van der Waals surface area contributed by atoms with E-state index in [1.165, 1.54) is 10.7 Å². The van der Waals surface area contributed by atoms with Gasteiger partial charge in [-0.25, -0.2) is 13.6 Å². The number of carbonyl (C=O) groups excluding carboxylic acids is 1. The molecule has 1 aromatic heterocycles. The molecule has 1 aliphatic rings. The highest BCUT2D eigenvalue weighted by Crippen LogP contribution is 2.41. The molecule has 0 unspecified atom stereocenters. The van der Waals surface area contributed by atoms with Gasteiger partial charge in [-0.2, -0.15) is 5.10 Å². The number of rotatable bonds is 6. The number of amidine groups is 1. The van der Waals surface area contributed by atoms with Crippen molar-refractivity contribution in [2.24, 2.45) is 10.9 Å². The molecule has 0 amide bonds. The van der Waals surface area contributed by atoms with Crippen LogP contribution in [0.25, 0.3) is 0 Å². The van der Waals surface area contributed by atoms with Crippen LogP contribution in [0.15, 0.2) is 41.6 Å². The fourth-order valence-electron chi connectivity index (χ4n) is 2.31. The lowest BCUT2D eigenvalue weighted by molar-refractivity contribution is -0.144. The van der Waals surface area contributed by atoms with E-state index >= 15 is 0 Å². The van der Waals surface area contributed by atoms with Gasteiger partial charge >= 0.3 is 5.97 Å². The molecule has 0 aliphatic heterocycles. The summed E-state index contributed by atoms with van der Waals surface area (Å²) in [6.45, 7) is -0.288. The molecule has 126 valence electrons. The highest BCUT2D eigenvalue weighted by atomic mass is 19.3. The predicted octanol–water partition coefficient (Wildman–Crippen LogP) is 2.56. The highest BCUT2D eigenvalue weighted by Gasteiger charge is 2.30. The Hall–Kier alpha value is -2.77. The lowest BCUT2D eigenvalue weighted by atomic mass is 10.2. The van der Waals surface area contributed by atoms with Crippen molar-refractivity contribution in [3.05, 3.63) is 53.3 Å². The third kappa shape index (κ3) is 3.76. The molecule has 0 saturated heterocycles. The van der Waals surface area contributed by atoms with Crippen molar-refractivity contribution in [2.45, 2.75) is 31.7 Å². The van der Waals surface area contributed by atoms with E-state index < -0.39 is 12.4 Å². The van der Waals surface area contributed by atoms with Gasteiger partial charge in [0.2, 0.25) is 0 Å². The molecule has 1 fully saturated rings. The molecule has 1 saturated carbocycles. The van der Waals surface area contributed by atoms with Gasteiger partial charge in [0.05, 0.1) is 0 Å². The summed E-state index contributed by atoms with van der Waals surface area (Å²) >= 11 is 0. The number of alkyl halides is 2. The maximum absolute atomic E-state index is 12.8. The molecule has 1 heterocycles. The van der Waals surface area contributed by atoms with E-state index in [4.69, 9.17) is 10.6 Å². The molecule has 0 spiro atoms. The second kappa shape index (κ2) is 6.77. The SMILES string of the molecule is N/C(=N\OC(=O)Cn1nc(C(F)F)cc1C1CC1)c1ccccc1. The van der Waals surface area contributed by atoms with Gasteiger partial charge in [0.1, 0.15) is 12.2 Å². The third-order valence-corrected chi connectivity index (χ3v) is 3.64. The fraction of sp³-hybridized carbons (Fsp3) is 0.312. The maximum Gasteiger partial charge on any atom is 0.356 e. The number of halogens is 2. The molecular formula is C16H16F2N4O2. The van der Waals surface area contributed by atoms with E-state index in [1.807, 2.05) is 6.07 Å². The summed E-state index contributed by atoms with van der Waals surface area (Å²) in [5.74, 6) is -0.490. The molecule has 1 aromatic carbocycles. The van der Waals surface area contributed by atoms with Crippen LogP contribution < -0.4 is 5.73 Å². The molecular weight excluding hydrogens is 318 g/mol. The lowest BCUT2D eigenvalue weighted by Crippen LogP contribution is -2.18. The molecule has 24 heavy (non-hydrogen) atoms. The van der Waals surface area contributed by atoms with Gasteiger partial charge in [0.25, 0.3) is 6.43 Å². The fourth-order valence-corrected chi connectivity index (χ4v) is 2.31. The molecule has 8 heteroatoms. The average molecular weight is 334 g/mol. The van der Waals surface area contributed by atoms with Gasteiger partial charge in [-0.3, -0.25) is 4.68 Å². The Balaban J connectivity index is 1.67. The Kier molecular flexibility index (Phi) is 4.54. The largest absolute Gasteiger partial charge is 0.380 e. The summed E-state index contributed by atoms with van der Waals surface area (Å²) in [4.78, 5) is 16.7. The first-order chi connectivity index (χ1) is 11.5. The van der Waals surface area contributed by atoms with Crippen LogP contribution in [-0.2, 0) is 16.2 Å². The zero-order chi connectivity index (χ0) is 17.1. The van der Waals surface area contributed by atoms with E-state index in [9.17, 15) is 13.6 Å². The number of nitrogens with two attached hydrogens (primary N) is 1. The smallest absolute Gasteiger partial charge is 0.356 e. The van der Waals surface area contributed by atoms with Crippen LogP contribution >= 0.6 is 0 Å². The Morgan fingerprint density at radius 2 is 2.08 bits per heavy atom. The van der Waals surface area contributed by atoms with Crippen molar-refractivity contribution in [3.8, 4) is 0 Å². The number of hydrogen-bond acceptors (Lipinski definition) is 4. The first-order valence-corrected chi connectivity index (χ1v) is 7.49. The van der Waals surface area contributed by atoms with Crippen molar-refractivity contribution in [2.75, 3.05) is 0 Å². The lowest BCUT2D eigenvalue weighted by Gasteiger charge is -2.05. The standard InChI is InChI=1S/C16H16F2N4O2/c17-15(18)12-8-13(10-6-7-10)22(20-12)9-14(23)24-21-16(19)11-4-2-1-3-5-11/h1-5,8,10,15H,6-7,9H2,(H2,19,21). The number of hydrogen-bond donors (Lipinski definition) is 1. The first kappa shape index (κ1) is 16.1. The molecule has 3 rings (SSSR count). The van der Waals surface area contributed by atoms with E-state index in [-0.39, 0.29) is 24.0 Å². The van der Waals surface area contributed by atoms with Gasteiger partial charge < -0.3 is 10.6 Å². The van der Waals surface area contributed by atoms with Gasteiger partial charge in [0, 0.05) is 17.2 Å². The molecule has 2 aromatic rings. The summed E-state index contributed by atoms with van der Waals surface area (Å²) in [6, 6.07) is 10.2. The van der Waals surface area contributed by atoms with Crippen molar-refractivity contribution >= 4 is 11.8 Å². The highest BCUT2D eigenvalue weighted by molar-refractivity contribution is 5.97.